The fourth-order valence-corrected chi connectivity index (χ4v) is 1.11. The molecule has 78 valence electrons. The van der Waals surface area contributed by atoms with Gasteiger partial charge in [0.25, 0.3) is 0 Å². The van der Waals surface area contributed by atoms with Gasteiger partial charge in [-0.15, -0.1) is 0 Å². The average molecular weight is 207 g/mol. The molecule has 1 unspecified atom stereocenters. The summed E-state index contributed by atoms with van der Waals surface area (Å²) < 4.78 is 14.0. The maximum absolute atomic E-state index is 12.7. The Kier molecular flexibility index (Phi) is 2.42. The van der Waals surface area contributed by atoms with Crippen molar-refractivity contribution in [2.45, 2.75) is 13.0 Å². The number of aromatic nitrogens is 4. The lowest BCUT2D eigenvalue weighted by Gasteiger charge is -2.04. The molecule has 0 bridgehead atoms. The Bertz CT molecular complexity index is 448. The zero-order valence-corrected chi connectivity index (χ0v) is 8.13. The van der Waals surface area contributed by atoms with Crippen LogP contribution in [0.25, 0.3) is 5.82 Å². The van der Waals surface area contributed by atoms with Gasteiger partial charge in [-0.05, 0) is 6.92 Å². The van der Waals surface area contributed by atoms with Crippen molar-refractivity contribution in [3.63, 3.8) is 0 Å². The minimum absolute atomic E-state index is 0.166. The van der Waals surface area contributed by atoms with E-state index in [4.69, 9.17) is 5.73 Å². The Hall–Kier alpha value is -1.82. The molecule has 0 aromatic carbocycles. The second-order valence-corrected chi connectivity index (χ2v) is 3.19. The van der Waals surface area contributed by atoms with Crippen LogP contribution in [-0.4, -0.2) is 19.7 Å². The summed E-state index contributed by atoms with van der Waals surface area (Å²) in [5.74, 6) is 0.0522. The molecule has 2 heterocycles. The molecule has 2 N–H and O–H groups in total. The Morgan fingerprint density at radius 1 is 1.33 bits per heavy atom. The summed E-state index contributed by atoms with van der Waals surface area (Å²) in [4.78, 5) is 8.17. The number of hydrogen-bond donors (Lipinski definition) is 1. The summed E-state index contributed by atoms with van der Waals surface area (Å²) in [6, 6.07) is -0.166. The summed E-state index contributed by atoms with van der Waals surface area (Å²) in [7, 11) is 0. The maximum atomic E-state index is 12.7. The summed E-state index contributed by atoms with van der Waals surface area (Å²) in [5, 5.41) is 3.77. The molecule has 5 nitrogen and oxygen atoms in total. The fourth-order valence-electron chi connectivity index (χ4n) is 1.11. The van der Waals surface area contributed by atoms with E-state index < -0.39 is 5.82 Å². The molecule has 0 aliphatic heterocycles. The van der Waals surface area contributed by atoms with Gasteiger partial charge in [-0.2, -0.15) is 5.10 Å². The zero-order chi connectivity index (χ0) is 10.8. The summed E-state index contributed by atoms with van der Waals surface area (Å²) in [6.45, 7) is 1.82. The quantitative estimate of drug-likeness (QED) is 0.791. The van der Waals surface area contributed by atoms with E-state index >= 15 is 0 Å². The van der Waals surface area contributed by atoms with Gasteiger partial charge in [0, 0.05) is 6.04 Å². The number of rotatable bonds is 2. The standard InChI is InChI=1S/C9H10FN5/c1-6(11)8-3-13-9(4-12-8)15-5-7(10)2-14-15/h2-6H,11H2,1H3. The first-order chi connectivity index (χ1) is 7.16. The third-order valence-corrected chi connectivity index (χ3v) is 1.91. The van der Waals surface area contributed by atoms with Gasteiger partial charge in [-0.25, -0.2) is 14.1 Å². The van der Waals surface area contributed by atoms with Crippen molar-refractivity contribution in [1.82, 2.24) is 19.7 Å². The van der Waals surface area contributed by atoms with Crippen LogP contribution >= 0.6 is 0 Å². The van der Waals surface area contributed by atoms with Crippen LogP contribution in [0.2, 0.25) is 0 Å². The lowest BCUT2D eigenvalue weighted by atomic mass is 10.3. The number of nitrogens with two attached hydrogens (primary N) is 1. The van der Waals surface area contributed by atoms with E-state index in [1.807, 2.05) is 6.92 Å². The summed E-state index contributed by atoms with van der Waals surface area (Å²) >= 11 is 0. The molecule has 0 fully saturated rings. The van der Waals surface area contributed by atoms with E-state index in [-0.39, 0.29) is 6.04 Å². The monoisotopic (exact) mass is 207 g/mol. The smallest absolute Gasteiger partial charge is 0.171 e. The van der Waals surface area contributed by atoms with Crippen molar-refractivity contribution < 1.29 is 4.39 Å². The largest absolute Gasteiger partial charge is 0.323 e. The Labute approximate surface area is 85.8 Å². The third kappa shape index (κ3) is 1.99. The molecule has 0 aliphatic carbocycles. The van der Waals surface area contributed by atoms with Gasteiger partial charge in [0.1, 0.15) is 0 Å². The predicted molar refractivity (Wildman–Crippen MR) is 51.7 cm³/mol. The first-order valence-corrected chi connectivity index (χ1v) is 4.45. The van der Waals surface area contributed by atoms with Gasteiger partial charge in [-0.3, -0.25) is 4.98 Å². The minimum atomic E-state index is -0.409. The van der Waals surface area contributed by atoms with Crippen LogP contribution in [0.4, 0.5) is 4.39 Å². The second kappa shape index (κ2) is 3.74. The highest BCUT2D eigenvalue weighted by Crippen LogP contribution is 2.07. The maximum Gasteiger partial charge on any atom is 0.171 e. The van der Waals surface area contributed by atoms with Crippen molar-refractivity contribution in [3.8, 4) is 5.82 Å². The fraction of sp³-hybridized carbons (Fsp3) is 0.222. The summed E-state index contributed by atoms with van der Waals surface area (Å²) in [5.41, 5.74) is 6.31. The third-order valence-electron chi connectivity index (χ3n) is 1.91. The molecule has 0 saturated carbocycles. The molecule has 0 aliphatic rings. The lowest BCUT2D eigenvalue weighted by Crippen LogP contribution is -2.09. The Morgan fingerprint density at radius 3 is 2.60 bits per heavy atom. The molecular formula is C9H10FN5. The Morgan fingerprint density at radius 2 is 2.13 bits per heavy atom. The molecule has 0 saturated heterocycles. The van der Waals surface area contributed by atoms with E-state index in [2.05, 4.69) is 15.1 Å². The number of hydrogen-bond acceptors (Lipinski definition) is 4. The van der Waals surface area contributed by atoms with Crippen LogP contribution in [0.15, 0.2) is 24.8 Å². The first kappa shape index (κ1) is 9.72. The SMILES string of the molecule is CC(N)c1cnc(-n2cc(F)cn2)cn1. The topological polar surface area (TPSA) is 69.6 Å². The molecule has 0 amide bonds. The van der Waals surface area contributed by atoms with Gasteiger partial charge in [-0.1, -0.05) is 0 Å². The highest BCUT2D eigenvalue weighted by atomic mass is 19.1. The van der Waals surface area contributed by atoms with Crippen molar-refractivity contribution >= 4 is 0 Å². The van der Waals surface area contributed by atoms with E-state index in [1.165, 1.54) is 17.1 Å². The normalized spacial score (nSPS) is 12.7. The van der Waals surface area contributed by atoms with Crippen molar-refractivity contribution in [2.75, 3.05) is 0 Å². The average Bonchev–Trinajstić information content (AvgIpc) is 2.65. The molecule has 2 rings (SSSR count). The highest BCUT2D eigenvalue weighted by Gasteiger charge is 2.04. The number of halogens is 1. The Balaban J connectivity index is 2.31. The van der Waals surface area contributed by atoms with E-state index in [9.17, 15) is 4.39 Å². The molecule has 6 heteroatoms. The second-order valence-electron chi connectivity index (χ2n) is 3.19. The number of nitrogens with zero attached hydrogens (tertiary/aromatic N) is 4. The first-order valence-electron chi connectivity index (χ1n) is 4.45. The minimum Gasteiger partial charge on any atom is -0.323 e. The molecule has 1 atom stereocenters. The lowest BCUT2D eigenvalue weighted by molar-refractivity contribution is 0.626. The van der Waals surface area contributed by atoms with Gasteiger partial charge in [0.15, 0.2) is 11.6 Å². The van der Waals surface area contributed by atoms with Gasteiger partial charge < -0.3 is 5.73 Å². The predicted octanol–water partition coefficient (Wildman–Crippen LogP) is 0.821. The molecule has 0 spiro atoms. The summed E-state index contributed by atoms with van der Waals surface area (Å²) in [6.07, 6.45) is 5.40. The van der Waals surface area contributed by atoms with E-state index in [0.717, 1.165) is 6.20 Å². The van der Waals surface area contributed by atoms with Gasteiger partial charge >= 0.3 is 0 Å². The van der Waals surface area contributed by atoms with E-state index in [0.29, 0.717) is 11.5 Å². The van der Waals surface area contributed by atoms with Crippen molar-refractivity contribution in [2.24, 2.45) is 5.73 Å². The van der Waals surface area contributed by atoms with Crippen LogP contribution < -0.4 is 5.73 Å². The molecule has 15 heavy (non-hydrogen) atoms. The van der Waals surface area contributed by atoms with Gasteiger partial charge in [0.2, 0.25) is 0 Å². The molecule has 2 aromatic heterocycles. The van der Waals surface area contributed by atoms with Crippen LogP contribution in [0.5, 0.6) is 0 Å². The van der Waals surface area contributed by atoms with Gasteiger partial charge in [0.05, 0.1) is 30.5 Å². The van der Waals surface area contributed by atoms with Crippen molar-refractivity contribution in [3.05, 3.63) is 36.3 Å². The van der Waals surface area contributed by atoms with Crippen LogP contribution in [0, 0.1) is 5.82 Å². The zero-order valence-electron chi connectivity index (χ0n) is 8.13. The highest BCUT2D eigenvalue weighted by molar-refractivity contribution is 5.18. The molecule has 0 radical (unpaired) electrons. The molecular weight excluding hydrogens is 197 g/mol. The van der Waals surface area contributed by atoms with Crippen molar-refractivity contribution in [1.29, 1.82) is 0 Å². The van der Waals surface area contributed by atoms with Crippen LogP contribution in [0.1, 0.15) is 18.7 Å². The molecule has 2 aromatic rings. The van der Waals surface area contributed by atoms with Crippen LogP contribution in [-0.2, 0) is 0 Å². The van der Waals surface area contributed by atoms with E-state index in [1.54, 1.807) is 6.20 Å². The van der Waals surface area contributed by atoms with Crippen LogP contribution in [0.3, 0.4) is 0 Å².